The van der Waals surface area contributed by atoms with Crippen LogP contribution < -0.4 is 16.8 Å². The monoisotopic (exact) mass is 167 g/mol. The zero-order valence-electron chi connectivity index (χ0n) is 7.00. The van der Waals surface area contributed by atoms with Gasteiger partial charge in [-0.1, -0.05) is 12.7 Å². The third kappa shape index (κ3) is 2.49. The van der Waals surface area contributed by atoms with Crippen molar-refractivity contribution in [2.75, 3.05) is 7.05 Å². The van der Waals surface area contributed by atoms with Gasteiger partial charge < -0.3 is 16.8 Å². The van der Waals surface area contributed by atoms with Gasteiger partial charge in [-0.15, -0.1) is 0 Å². The number of nitrogens with two attached hydrogens (primary N) is 2. The molecule has 0 rings (SSSR count). The molecule has 0 saturated heterocycles. The first kappa shape index (κ1) is 10.3. The van der Waals surface area contributed by atoms with Crippen LogP contribution in [0.1, 0.15) is 0 Å². The van der Waals surface area contributed by atoms with Crippen molar-refractivity contribution < 1.29 is 4.79 Å². The lowest BCUT2D eigenvalue weighted by Gasteiger charge is -2.03. The zero-order valence-corrected chi connectivity index (χ0v) is 7.00. The van der Waals surface area contributed by atoms with Crippen LogP contribution in [0.25, 0.3) is 0 Å². The molecule has 5 N–H and O–H groups in total. The second-order valence-corrected chi connectivity index (χ2v) is 2.02. The zero-order chi connectivity index (χ0) is 9.56. The number of likely N-dealkylation sites (N-methyl/N-ethyl adjacent to an activating group) is 1. The Morgan fingerprint density at radius 1 is 1.58 bits per heavy atom. The number of amides is 1. The van der Waals surface area contributed by atoms with E-state index in [1.54, 1.807) is 0 Å². The predicted octanol–water partition coefficient (Wildman–Crippen LogP) is -0.396. The quantitative estimate of drug-likeness (QED) is 0.395. The van der Waals surface area contributed by atoms with Crippen LogP contribution in [0.2, 0.25) is 0 Å². The lowest BCUT2D eigenvalue weighted by molar-refractivity contribution is -0.116. The highest BCUT2D eigenvalue weighted by atomic mass is 16.1. The average molecular weight is 167 g/mol. The Morgan fingerprint density at radius 3 is 2.50 bits per heavy atom. The van der Waals surface area contributed by atoms with Crippen LogP contribution in [0.3, 0.4) is 0 Å². The Bertz CT molecular complexity index is 241. The summed E-state index contributed by atoms with van der Waals surface area (Å²) in [5, 5.41) is 2.41. The maximum absolute atomic E-state index is 11.0. The largest absolute Gasteiger partial charge is 0.404 e. The Morgan fingerprint density at radius 2 is 2.17 bits per heavy atom. The normalized spacial score (nSPS) is 12.4. The van der Waals surface area contributed by atoms with Crippen molar-refractivity contribution in [1.82, 2.24) is 5.32 Å². The average Bonchev–Trinajstić information content (AvgIpc) is 2.06. The van der Waals surface area contributed by atoms with Gasteiger partial charge in [0.25, 0.3) is 5.91 Å². The molecule has 4 nitrogen and oxygen atoms in total. The molecule has 4 heteroatoms. The van der Waals surface area contributed by atoms with Crippen molar-refractivity contribution in [2.24, 2.45) is 11.5 Å². The molecule has 0 aromatic heterocycles. The number of rotatable bonds is 3. The van der Waals surface area contributed by atoms with E-state index in [0.717, 1.165) is 6.20 Å². The van der Waals surface area contributed by atoms with Gasteiger partial charge >= 0.3 is 0 Å². The molecule has 0 aliphatic carbocycles. The number of hydrogen-bond acceptors (Lipinski definition) is 3. The molecule has 0 aliphatic heterocycles. The second-order valence-electron chi connectivity index (χ2n) is 2.02. The molecule has 0 fully saturated rings. The molecule has 0 saturated carbocycles. The van der Waals surface area contributed by atoms with Gasteiger partial charge in [-0.2, -0.15) is 0 Å². The van der Waals surface area contributed by atoms with Gasteiger partial charge in [-0.05, 0) is 6.08 Å². The van der Waals surface area contributed by atoms with Gasteiger partial charge in [0.2, 0.25) is 0 Å². The van der Waals surface area contributed by atoms with Gasteiger partial charge in [0, 0.05) is 18.9 Å². The molecule has 0 aromatic carbocycles. The van der Waals surface area contributed by atoms with Crippen LogP contribution in [-0.4, -0.2) is 13.0 Å². The highest BCUT2D eigenvalue weighted by Gasteiger charge is 2.07. The van der Waals surface area contributed by atoms with Gasteiger partial charge in [-0.25, -0.2) is 0 Å². The summed E-state index contributed by atoms with van der Waals surface area (Å²) in [7, 11) is 1.51. The number of hydrogen-bond donors (Lipinski definition) is 3. The van der Waals surface area contributed by atoms with E-state index in [2.05, 4.69) is 11.9 Å². The number of carbonyl (C=O) groups is 1. The van der Waals surface area contributed by atoms with Crippen LogP contribution in [-0.2, 0) is 4.79 Å². The van der Waals surface area contributed by atoms with E-state index >= 15 is 0 Å². The van der Waals surface area contributed by atoms with E-state index in [0.29, 0.717) is 5.70 Å². The summed E-state index contributed by atoms with van der Waals surface area (Å²) in [6.45, 7) is 3.45. The molecule has 0 heterocycles. The number of carbonyl (C=O) groups excluding carboxylic acids is 1. The third-order valence-electron chi connectivity index (χ3n) is 1.25. The Hall–Kier alpha value is -1.71. The Kier molecular flexibility index (Phi) is 4.30. The van der Waals surface area contributed by atoms with E-state index in [4.69, 9.17) is 11.5 Å². The molecule has 0 spiro atoms. The van der Waals surface area contributed by atoms with Gasteiger partial charge in [0.1, 0.15) is 0 Å². The highest BCUT2D eigenvalue weighted by molar-refractivity contribution is 5.97. The lowest BCUT2D eigenvalue weighted by atomic mass is 10.2. The first-order valence-electron chi connectivity index (χ1n) is 3.40. The van der Waals surface area contributed by atoms with Crippen molar-refractivity contribution in [3.8, 4) is 0 Å². The molecule has 66 valence electrons. The summed E-state index contributed by atoms with van der Waals surface area (Å²) >= 11 is 0. The van der Waals surface area contributed by atoms with Gasteiger partial charge in [-0.3, -0.25) is 4.79 Å². The summed E-state index contributed by atoms with van der Waals surface area (Å²) in [6.07, 6.45) is 4.16. The highest BCUT2D eigenvalue weighted by Crippen LogP contribution is 2.01. The van der Waals surface area contributed by atoms with E-state index < -0.39 is 0 Å². The predicted molar refractivity (Wildman–Crippen MR) is 48.8 cm³/mol. The number of allylic oxidation sites excluding steroid dienone is 2. The summed E-state index contributed by atoms with van der Waals surface area (Å²) in [6, 6.07) is 0. The maximum Gasteiger partial charge on any atom is 0.254 e. The minimum absolute atomic E-state index is 0.248. The smallest absolute Gasteiger partial charge is 0.254 e. The van der Waals surface area contributed by atoms with Crippen LogP contribution in [0.4, 0.5) is 0 Å². The standard InChI is InChI=1S/C8H13N3O/c1-3-4-7(10)6(5-9)8(12)11-2/h3-5H,1,9-10H2,2H3,(H,11,12)/b6-5+,7-4+. The topological polar surface area (TPSA) is 81.1 Å². The van der Waals surface area contributed by atoms with Crippen LogP contribution in [0.5, 0.6) is 0 Å². The maximum atomic E-state index is 11.0. The van der Waals surface area contributed by atoms with Crippen molar-refractivity contribution in [1.29, 1.82) is 0 Å². The first-order chi connectivity index (χ1) is 5.67. The van der Waals surface area contributed by atoms with Crippen LogP contribution >= 0.6 is 0 Å². The van der Waals surface area contributed by atoms with Crippen molar-refractivity contribution in [3.63, 3.8) is 0 Å². The van der Waals surface area contributed by atoms with E-state index in [1.165, 1.54) is 19.2 Å². The van der Waals surface area contributed by atoms with Crippen LogP contribution in [0, 0.1) is 0 Å². The van der Waals surface area contributed by atoms with Crippen LogP contribution in [0.15, 0.2) is 36.2 Å². The second kappa shape index (κ2) is 5.01. The minimum Gasteiger partial charge on any atom is -0.404 e. The Balaban J connectivity index is 4.70. The lowest BCUT2D eigenvalue weighted by Crippen LogP contribution is -2.24. The van der Waals surface area contributed by atoms with E-state index in [-0.39, 0.29) is 11.5 Å². The molecule has 1 amide bonds. The Labute approximate surface area is 71.6 Å². The van der Waals surface area contributed by atoms with E-state index in [9.17, 15) is 4.79 Å². The third-order valence-corrected chi connectivity index (χ3v) is 1.25. The van der Waals surface area contributed by atoms with Gasteiger partial charge in [0.05, 0.1) is 5.57 Å². The fraction of sp³-hybridized carbons (Fsp3) is 0.125. The molecule has 0 radical (unpaired) electrons. The fourth-order valence-corrected chi connectivity index (χ4v) is 0.654. The molecule has 0 aliphatic rings. The van der Waals surface area contributed by atoms with Gasteiger partial charge in [0.15, 0.2) is 0 Å². The molecule has 0 bridgehead atoms. The minimum atomic E-state index is -0.312. The summed E-state index contributed by atoms with van der Waals surface area (Å²) < 4.78 is 0. The summed E-state index contributed by atoms with van der Waals surface area (Å²) in [5.41, 5.74) is 11.2. The van der Waals surface area contributed by atoms with Crippen molar-refractivity contribution in [3.05, 3.63) is 36.2 Å². The molecule has 0 unspecified atom stereocenters. The van der Waals surface area contributed by atoms with Crippen molar-refractivity contribution in [2.45, 2.75) is 0 Å². The molecular weight excluding hydrogens is 154 g/mol. The van der Waals surface area contributed by atoms with E-state index in [1.807, 2.05) is 0 Å². The summed E-state index contributed by atoms with van der Waals surface area (Å²) in [4.78, 5) is 11.0. The molecule has 0 atom stereocenters. The fourth-order valence-electron chi connectivity index (χ4n) is 0.654. The summed E-state index contributed by atoms with van der Waals surface area (Å²) in [5.74, 6) is -0.312. The SMILES string of the molecule is C=C/C=C(N)\C(=C/N)C(=O)NC. The molecule has 12 heavy (non-hydrogen) atoms. The number of nitrogens with one attached hydrogen (secondary N) is 1. The van der Waals surface area contributed by atoms with Crippen molar-refractivity contribution >= 4 is 5.91 Å². The molecule has 0 aromatic rings. The molecular formula is C8H13N3O. The first-order valence-corrected chi connectivity index (χ1v) is 3.40.